The summed E-state index contributed by atoms with van der Waals surface area (Å²) >= 11 is 11.5. The van der Waals surface area contributed by atoms with Crippen LogP contribution < -0.4 is 16.2 Å². The summed E-state index contributed by atoms with van der Waals surface area (Å²) in [6.07, 6.45) is 2.84. The van der Waals surface area contributed by atoms with Gasteiger partial charge < -0.3 is 10.6 Å². The van der Waals surface area contributed by atoms with E-state index in [2.05, 4.69) is 20.7 Å². The van der Waals surface area contributed by atoms with Crippen LogP contribution in [-0.4, -0.2) is 26.6 Å². The van der Waals surface area contributed by atoms with Crippen molar-refractivity contribution in [1.29, 1.82) is 0 Å². The van der Waals surface area contributed by atoms with E-state index in [1.165, 1.54) is 6.20 Å². The molecule has 8 nitrogen and oxygen atoms in total. The lowest BCUT2D eigenvalue weighted by Gasteiger charge is -2.11. The number of pyridine rings is 1. The number of rotatable bonds is 6. The molecule has 2 N–H and O–H groups in total. The van der Waals surface area contributed by atoms with Gasteiger partial charge in [-0.2, -0.15) is 5.10 Å². The molecule has 0 aliphatic rings. The molecule has 1 aromatic carbocycles. The zero-order valence-electron chi connectivity index (χ0n) is 15.9. The van der Waals surface area contributed by atoms with Crippen molar-refractivity contribution in [1.82, 2.24) is 20.1 Å². The van der Waals surface area contributed by atoms with E-state index >= 15 is 0 Å². The van der Waals surface area contributed by atoms with Crippen LogP contribution >= 0.6 is 23.2 Å². The van der Waals surface area contributed by atoms with Gasteiger partial charge in [-0.25, -0.2) is 4.68 Å². The summed E-state index contributed by atoms with van der Waals surface area (Å²) in [4.78, 5) is 41.0. The first-order chi connectivity index (χ1) is 14.3. The maximum atomic E-state index is 12.5. The van der Waals surface area contributed by atoms with E-state index < -0.39 is 11.5 Å². The Labute approximate surface area is 181 Å². The molecule has 0 fully saturated rings. The Morgan fingerprint density at radius 2 is 1.97 bits per heavy atom. The minimum Gasteiger partial charge on any atom is -0.346 e. The zero-order chi connectivity index (χ0) is 21.7. The Balaban J connectivity index is 1.68. The van der Waals surface area contributed by atoms with Gasteiger partial charge in [-0.3, -0.25) is 19.4 Å². The maximum absolute atomic E-state index is 12.5. The molecular weight excluding hydrogens is 429 g/mol. The number of amides is 2. The van der Waals surface area contributed by atoms with Gasteiger partial charge in [-0.1, -0.05) is 35.3 Å². The van der Waals surface area contributed by atoms with Crippen LogP contribution in [0.1, 0.15) is 21.6 Å². The minimum atomic E-state index is -0.669. The van der Waals surface area contributed by atoms with E-state index in [4.69, 9.17) is 23.2 Å². The Bertz CT molecular complexity index is 1150. The van der Waals surface area contributed by atoms with Gasteiger partial charge in [0.05, 0.1) is 23.5 Å². The van der Waals surface area contributed by atoms with Crippen molar-refractivity contribution < 1.29 is 9.59 Å². The zero-order valence-corrected chi connectivity index (χ0v) is 17.4. The van der Waals surface area contributed by atoms with Crippen LogP contribution in [0, 0.1) is 6.92 Å². The second kappa shape index (κ2) is 9.51. The van der Waals surface area contributed by atoms with Crippen molar-refractivity contribution in [3.8, 4) is 0 Å². The Morgan fingerprint density at radius 3 is 2.70 bits per heavy atom. The molecule has 10 heteroatoms. The molecule has 0 saturated heterocycles. The first kappa shape index (κ1) is 21.5. The lowest BCUT2D eigenvalue weighted by atomic mass is 10.1. The number of aryl methyl sites for hydroxylation is 1. The number of aromatic nitrogens is 3. The standard InChI is InChI=1S/C20H17Cl2N5O3/c1-12-5-6-13(8-15(12)19(29)24-9-14-4-2-3-7-23-14)26-17(28)11-27-20(30)18(22)16(21)10-25-27/h2-8,10H,9,11H2,1H3,(H,24,29)(H,26,28). The molecule has 0 aliphatic carbocycles. The third-order valence-electron chi connectivity index (χ3n) is 4.16. The van der Waals surface area contributed by atoms with E-state index in [9.17, 15) is 14.4 Å². The van der Waals surface area contributed by atoms with Crippen LogP contribution in [0.2, 0.25) is 10.0 Å². The smallest absolute Gasteiger partial charge is 0.287 e. The molecule has 0 unspecified atom stereocenters. The maximum Gasteiger partial charge on any atom is 0.287 e. The van der Waals surface area contributed by atoms with Crippen molar-refractivity contribution in [3.63, 3.8) is 0 Å². The predicted molar refractivity (Wildman–Crippen MR) is 114 cm³/mol. The van der Waals surface area contributed by atoms with Crippen LogP contribution in [0.25, 0.3) is 0 Å². The number of nitrogens with zero attached hydrogens (tertiary/aromatic N) is 3. The summed E-state index contributed by atoms with van der Waals surface area (Å²) in [5.74, 6) is -0.802. The third kappa shape index (κ3) is 5.22. The van der Waals surface area contributed by atoms with Crippen LogP contribution in [-0.2, 0) is 17.9 Å². The molecule has 0 bridgehead atoms. The largest absolute Gasteiger partial charge is 0.346 e. The number of carbonyl (C=O) groups excluding carboxylic acids is 2. The summed E-state index contributed by atoms with van der Waals surface area (Å²) in [6.45, 7) is 1.72. The van der Waals surface area contributed by atoms with Gasteiger partial charge in [0.1, 0.15) is 11.6 Å². The van der Waals surface area contributed by atoms with Crippen LogP contribution in [0.15, 0.2) is 53.6 Å². The number of benzene rings is 1. The van der Waals surface area contributed by atoms with Crippen molar-refractivity contribution >= 4 is 40.7 Å². The molecule has 0 aliphatic heterocycles. The normalized spacial score (nSPS) is 10.5. The fourth-order valence-electron chi connectivity index (χ4n) is 2.61. The van der Waals surface area contributed by atoms with Gasteiger partial charge in [-0.15, -0.1) is 0 Å². The van der Waals surface area contributed by atoms with Gasteiger partial charge in [-0.05, 0) is 36.8 Å². The van der Waals surface area contributed by atoms with Gasteiger partial charge in [0, 0.05) is 17.4 Å². The topological polar surface area (TPSA) is 106 Å². The summed E-state index contributed by atoms with van der Waals surface area (Å²) in [5.41, 5.74) is 1.62. The molecule has 0 atom stereocenters. The molecule has 0 saturated carbocycles. The van der Waals surface area contributed by atoms with E-state index in [0.717, 1.165) is 15.9 Å². The van der Waals surface area contributed by atoms with Crippen molar-refractivity contribution in [2.24, 2.45) is 0 Å². The molecule has 2 heterocycles. The summed E-state index contributed by atoms with van der Waals surface area (Å²) < 4.78 is 0.901. The van der Waals surface area contributed by atoms with Gasteiger partial charge in [0.15, 0.2) is 0 Å². The molecule has 154 valence electrons. The molecule has 3 aromatic rings. The van der Waals surface area contributed by atoms with E-state index in [-0.39, 0.29) is 29.0 Å². The van der Waals surface area contributed by atoms with E-state index in [1.54, 1.807) is 37.4 Å². The lowest BCUT2D eigenvalue weighted by Crippen LogP contribution is -2.30. The highest BCUT2D eigenvalue weighted by Gasteiger charge is 2.14. The van der Waals surface area contributed by atoms with Crippen molar-refractivity contribution in [3.05, 3.63) is 86.0 Å². The highest BCUT2D eigenvalue weighted by molar-refractivity contribution is 6.41. The number of nitrogens with one attached hydrogen (secondary N) is 2. The van der Waals surface area contributed by atoms with E-state index in [1.807, 2.05) is 12.1 Å². The molecular formula is C20H17Cl2N5O3. The van der Waals surface area contributed by atoms with Crippen LogP contribution in [0.5, 0.6) is 0 Å². The fourth-order valence-corrected chi connectivity index (χ4v) is 2.88. The molecule has 0 spiro atoms. The second-order valence-corrected chi connectivity index (χ2v) is 7.14. The van der Waals surface area contributed by atoms with Crippen LogP contribution in [0.3, 0.4) is 0 Å². The van der Waals surface area contributed by atoms with Gasteiger partial charge in [0.25, 0.3) is 11.5 Å². The number of halogens is 2. The van der Waals surface area contributed by atoms with Crippen LogP contribution in [0.4, 0.5) is 5.69 Å². The molecule has 2 amide bonds. The predicted octanol–water partition coefficient (Wildman–Crippen LogP) is 2.82. The third-order valence-corrected chi connectivity index (χ3v) is 4.91. The summed E-state index contributed by atoms with van der Waals surface area (Å²) in [5, 5.41) is 9.04. The Morgan fingerprint density at radius 1 is 1.17 bits per heavy atom. The Kier molecular flexibility index (Phi) is 6.81. The lowest BCUT2D eigenvalue weighted by molar-refractivity contribution is -0.117. The minimum absolute atomic E-state index is 0.0122. The quantitative estimate of drug-likeness (QED) is 0.606. The number of hydrogen-bond acceptors (Lipinski definition) is 5. The number of carbonyl (C=O) groups is 2. The molecule has 3 rings (SSSR count). The fraction of sp³-hybridized carbons (Fsp3) is 0.150. The van der Waals surface area contributed by atoms with Crippen molar-refractivity contribution in [2.75, 3.05) is 5.32 Å². The number of hydrogen-bond donors (Lipinski definition) is 2. The van der Waals surface area contributed by atoms with Gasteiger partial charge in [0.2, 0.25) is 5.91 Å². The first-order valence-corrected chi connectivity index (χ1v) is 9.60. The Hall–Kier alpha value is -3.23. The highest BCUT2D eigenvalue weighted by Crippen LogP contribution is 2.17. The second-order valence-electron chi connectivity index (χ2n) is 6.35. The summed E-state index contributed by atoms with van der Waals surface area (Å²) in [6, 6.07) is 10.4. The van der Waals surface area contributed by atoms with Gasteiger partial charge >= 0.3 is 0 Å². The molecule has 0 radical (unpaired) electrons. The first-order valence-electron chi connectivity index (χ1n) is 8.85. The van der Waals surface area contributed by atoms with E-state index in [0.29, 0.717) is 11.3 Å². The SMILES string of the molecule is Cc1ccc(NC(=O)Cn2ncc(Cl)c(Cl)c2=O)cc1C(=O)NCc1ccccn1. The highest BCUT2D eigenvalue weighted by atomic mass is 35.5. The molecule has 30 heavy (non-hydrogen) atoms. The average molecular weight is 446 g/mol. The monoisotopic (exact) mass is 445 g/mol. The van der Waals surface area contributed by atoms with Crippen molar-refractivity contribution in [2.45, 2.75) is 20.0 Å². The summed E-state index contributed by atoms with van der Waals surface area (Å²) in [7, 11) is 0. The molecule has 2 aromatic heterocycles. The number of anilines is 1. The average Bonchev–Trinajstić information content (AvgIpc) is 2.74.